The minimum absolute atomic E-state index is 0.257. The van der Waals surface area contributed by atoms with Gasteiger partial charge in [-0.3, -0.25) is 9.48 Å². The third kappa shape index (κ3) is 2.78. The topological polar surface area (TPSA) is 71.8 Å². The monoisotopic (exact) mass is 265 g/mol. The SMILES string of the molecule is CNc1cc(C(=O)Nc2ccn(C)n2)cc(Cl)n1. The number of hydrogen-bond acceptors (Lipinski definition) is 4. The zero-order valence-electron chi connectivity index (χ0n) is 9.94. The highest BCUT2D eigenvalue weighted by molar-refractivity contribution is 6.30. The summed E-state index contributed by atoms with van der Waals surface area (Å²) in [6, 6.07) is 4.82. The Morgan fingerprint density at radius 2 is 2.17 bits per heavy atom. The number of nitrogens with zero attached hydrogens (tertiary/aromatic N) is 3. The number of nitrogens with one attached hydrogen (secondary N) is 2. The highest BCUT2D eigenvalue weighted by Gasteiger charge is 2.10. The fraction of sp³-hybridized carbons (Fsp3) is 0.182. The smallest absolute Gasteiger partial charge is 0.257 e. The summed E-state index contributed by atoms with van der Waals surface area (Å²) < 4.78 is 1.61. The van der Waals surface area contributed by atoms with Crippen molar-refractivity contribution < 1.29 is 4.79 Å². The molecule has 2 aromatic rings. The minimum Gasteiger partial charge on any atom is -0.373 e. The number of carbonyl (C=O) groups excluding carboxylic acids is 1. The van der Waals surface area contributed by atoms with E-state index >= 15 is 0 Å². The van der Waals surface area contributed by atoms with E-state index in [9.17, 15) is 4.79 Å². The summed E-state index contributed by atoms with van der Waals surface area (Å²) in [6.45, 7) is 0. The summed E-state index contributed by atoms with van der Waals surface area (Å²) >= 11 is 5.83. The Bertz CT molecular complexity index is 581. The number of anilines is 2. The maximum absolute atomic E-state index is 12.0. The quantitative estimate of drug-likeness (QED) is 0.830. The number of hydrogen-bond donors (Lipinski definition) is 2. The Morgan fingerprint density at radius 3 is 2.78 bits per heavy atom. The van der Waals surface area contributed by atoms with Crippen molar-refractivity contribution in [2.75, 3.05) is 17.7 Å². The van der Waals surface area contributed by atoms with Gasteiger partial charge < -0.3 is 10.6 Å². The van der Waals surface area contributed by atoms with Gasteiger partial charge in [-0.15, -0.1) is 0 Å². The van der Waals surface area contributed by atoms with Crippen LogP contribution in [0.4, 0.5) is 11.6 Å². The number of halogens is 1. The first kappa shape index (κ1) is 12.4. The molecule has 2 heterocycles. The highest BCUT2D eigenvalue weighted by Crippen LogP contribution is 2.15. The van der Waals surface area contributed by atoms with Gasteiger partial charge in [-0.05, 0) is 12.1 Å². The van der Waals surface area contributed by atoms with Crippen molar-refractivity contribution in [2.45, 2.75) is 0 Å². The molecular formula is C11H12ClN5O. The minimum atomic E-state index is -0.283. The number of aromatic nitrogens is 3. The molecule has 7 heteroatoms. The number of pyridine rings is 1. The van der Waals surface area contributed by atoms with E-state index in [1.165, 1.54) is 6.07 Å². The number of carbonyl (C=O) groups is 1. The maximum atomic E-state index is 12.0. The van der Waals surface area contributed by atoms with Gasteiger partial charge in [0, 0.05) is 31.9 Å². The van der Waals surface area contributed by atoms with Gasteiger partial charge in [0.2, 0.25) is 0 Å². The van der Waals surface area contributed by atoms with Gasteiger partial charge in [-0.1, -0.05) is 11.6 Å². The lowest BCUT2D eigenvalue weighted by molar-refractivity contribution is 0.102. The van der Waals surface area contributed by atoms with Crippen molar-refractivity contribution in [1.29, 1.82) is 0 Å². The van der Waals surface area contributed by atoms with Crippen molar-refractivity contribution in [1.82, 2.24) is 14.8 Å². The van der Waals surface area contributed by atoms with E-state index in [0.717, 1.165) is 0 Å². The Kier molecular flexibility index (Phi) is 3.47. The van der Waals surface area contributed by atoms with Gasteiger partial charge in [0.05, 0.1) is 0 Å². The van der Waals surface area contributed by atoms with Crippen LogP contribution < -0.4 is 10.6 Å². The zero-order chi connectivity index (χ0) is 13.1. The molecular weight excluding hydrogens is 254 g/mol. The largest absolute Gasteiger partial charge is 0.373 e. The highest BCUT2D eigenvalue weighted by atomic mass is 35.5. The average molecular weight is 266 g/mol. The Hall–Kier alpha value is -2.08. The van der Waals surface area contributed by atoms with Crippen LogP contribution in [-0.2, 0) is 7.05 Å². The van der Waals surface area contributed by atoms with E-state index in [1.54, 1.807) is 37.1 Å². The summed E-state index contributed by atoms with van der Waals surface area (Å²) in [5, 5.41) is 9.83. The summed E-state index contributed by atoms with van der Waals surface area (Å²) in [4.78, 5) is 16.0. The van der Waals surface area contributed by atoms with Crippen LogP contribution in [0.2, 0.25) is 5.15 Å². The standard InChI is InChI=1S/C11H12ClN5O/c1-13-10-6-7(5-8(12)14-10)11(18)15-9-3-4-17(2)16-9/h3-6H,1-2H3,(H,13,14)(H,15,16,18). The molecule has 0 saturated heterocycles. The molecule has 94 valence electrons. The molecule has 2 aromatic heterocycles. The number of amides is 1. The first-order valence-corrected chi connectivity index (χ1v) is 5.62. The van der Waals surface area contributed by atoms with E-state index in [2.05, 4.69) is 20.7 Å². The van der Waals surface area contributed by atoms with Crippen LogP contribution in [0.25, 0.3) is 0 Å². The summed E-state index contributed by atoms with van der Waals surface area (Å²) in [5.41, 5.74) is 0.421. The number of rotatable bonds is 3. The average Bonchev–Trinajstić information content (AvgIpc) is 2.73. The van der Waals surface area contributed by atoms with Crippen molar-refractivity contribution in [3.05, 3.63) is 35.1 Å². The molecule has 0 aliphatic heterocycles. The fourth-order valence-corrected chi connectivity index (χ4v) is 1.63. The third-order valence-corrected chi connectivity index (χ3v) is 2.46. The third-order valence-electron chi connectivity index (χ3n) is 2.27. The van der Waals surface area contributed by atoms with Gasteiger partial charge in [0.15, 0.2) is 5.82 Å². The molecule has 2 N–H and O–H groups in total. The molecule has 0 saturated carbocycles. The van der Waals surface area contributed by atoms with Crippen molar-refractivity contribution in [3.8, 4) is 0 Å². The Morgan fingerprint density at radius 1 is 1.39 bits per heavy atom. The van der Waals surface area contributed by atoms with Crippen molar-refractivity contribution >= 4 is 29.1 Å². The Balaban J connectivity index is 2.20. The van der Waals surface area contributed by atoms with Gasteiger partial charge in [0.25, 0.3) is 5.91 Å². The van der Waals surface area contributed by atoms with Crippen LogP contribution in [0.15, 0.2) is 24.4 Å². The lowest BCUT2D eigenvalue weighted by Crippen LogP contribution is -2.13. The van der Waals surface area contributed by atoms with Crippen molar-refractivity contribution in [3.63, 3.8) is 0 Å². The van der Waals surface area contributed by atoms with Crippen LogP contribution in [0.5, 0.6) is 0 Å². The summed E-state index contributed by atoms with van der Waals surface area (Å²) in [5.74, 6) is 0.740. The molecule has 0 fully saturated rings. The van der Waals surface area contributed by atoms with Crippen LogP contribution in [0, 0.1) is 0 Å². The van der Waals surface area contributed by atoms with E-state index < -0.39 is 0 Å². The molecule has 2 rings (SSSR count). The van der Waals surface area contributed by atoms with E-state index in [4.69, 9.17) is 11.6 Å². The first-order valence-electron chi connectivity index (χ1n) is 5.25. The molecule has 0 spiro atoms. The van der Waals surface area contributed by atoms with E-state index in [-0.39, 0.29) is 11.1 Å². The summed E-state index contributed by atoms with van der Waals surface area (Å²) in [6.07, 6.45) is 1.74. The van der Waals surface area contributed by atoms with Crippen LogP contribution in [0.1, 0.15) is 10.4 Å². The lowest BCUT2D eigenvalue weighted by atomic mass is 10.2. The zero-order valence-corrected chi connectivity index (χ0v) is 10.7. The summed E-state index contributed by atoms with van der Waals surface area (Å²) in [7, 11) is 3.48. The second kappa shape index (κ2) is 5.05. The fourth-order valence-electron chi connectivity index (χ4n) is 1.43. The molecule has 0 atom stereocenters. The molecule has 0 radical (unpaired) electrons. The predicted octanol–water partition coefficient (Wildman–Crippen LogP) is 1.76. The molecule has 6 nitrogen and oxygen atoms in total. The molecule has 0 unspecified atom stereocenters. The second-order valence-corrected chi connectivity index (χ2v) is 4.03. The maximum Gasteiger partial charge on any atom is 0.257 e. The van der Waals surface area contributed by atoms with Gasteiger partial charge in [0.1, 0.15) is 11.0 Å². The van der Waals surface area contributed by atoms with Crippen LogP contribution in [-0.4, -0.2) is 27.7 Å². The number of aryl methyl sites for hydroxylation is 1. The van der Waals surface area contributed by atoms with E-state index in [0.29, 0.717) is 17.2 Å². The van der Waals surface area contributed by atoms with Crippen LogP contribution in [0.3, 0.4) is 0 Å². The lowest BCUT2D eigenvalue weighted by Gasteiger charge is -2.05. The second-order valence-electron chi connectivity index (χ2n) is 3.64. The van der Waals surface area contributed by atoms with Crippen molar-refractivity contribution in [2.24, 2.45) is 7.05 Å². The molecule has 0 aliphatic carbocycles. The molecule has 1 amide bonds. The first-order chi connectivity index (χ1) is 8.58. The Labute approximate surface area is 109 Å². The van der Waals surface area contributed by atoms with Gasteiger partial charge in [-0.25, -0.2) is 4.98 Å². The molecule has 0 aromatic carbocycles. The van der Waals surface area contributed by atoms with E-state index in [1.807, 2.05) is 0 Å². The van der Waals surface area contributed by atoms with Crippen LogP contribution >= 0.6 is 11.6 Å². The van der Waals surface area contributed by atoms with Gasteiger partial charge >= 0.3 is 0 Å². The molecule has 0 aliphatic rings. The molecule has 18 heavy (non-hydrogen) atoms. The predicted molar refractivity (Wildman–Crippen MR) is 70.0 cm³/mol. The normalized spacial score (nSPS) is 10.2. The molecule has 0 bridgehead atoms. The van der Waals surface area contributed by atoms with Gasteiger partial charge in [-0.2, -0.15) is 5.10 Å².